The fourth-order valence-corrected chi connectivity index (χ4v) is 9.35. The standard InChI is InChI=1S/C29H27ClF2N2O3S2/c30-25-16-22(32)5-3-20(25)17-33-28(35)19-4-10-26-24(15-19)29(11-13-38-14-12-29)27(18-1-2-18)34(26)39(36,37)23-8-6-21(31)7-9-23/h3-10,15-16,18,27H,1-2,11-14,17H2,(H,33,35). The molecule has 0 radical (unpaired) electrons. The fourth-order valence-electron chi connectivity index (χ4n) is 6.10. The van der Waals surface area contributed by atoms with E-state index in [0.717, 1.165) is 42.8 Å². The van der Waals surface area contributed by atoms with Crippen LogP contribution < -0.4 is 9.62 Å². The summed E-state index contributed by atoms with van der Waals surface area (Å²) in [5.41, 5.74) is 2.11. The van der Waals surface area contributed by atoms with E-state index in [9.17, 15) is 22.0 Å². The largest absolute Gasteiger partial charge is 0.348 e. The summed E-state index contributed by atoms with van der Waals surface area (Å²) in [5.74, 6) is 0.789. The van der Waals surface area contributed by atoms with Gasteiger partial charge in [-0.25, -0.2) is 17.2 Å². The van der Waals surface area contributed by atoms with Gasteiger partial charge in [0.05, 0.1) is 16.6 Å². The Balaban J connectivity index is 1.39. The lowest BCUT2D eigenvalue weighted by Gasteiger charge is -2.41. The third-order valence-corrected chi connectivity index (χ3v) is 11.3. The minimum absolute atomic E-state index is 0.0562. The predicted molar refractivity (Wildman–Crippen MR) is 150 cm³/mol. The van der Waals surface area contributed by atoms with Crippen LogP contribution in [0.3, 0.4) is 0 Å². The van der Waals surface area contributed by atoms with Crippen LogP contribution in [0.25, 0.3) is 0 Å². The number of hydrogen-bond donors (Lipinski definition) is 1. The molecule has 1 atom stereocenters. The minimum atomic E-state index is -3.97. The maximum absolute atomic E-state index is 14.1. The third-order valence-electron chi connectivity index (χ3n) is 8.13. The fraction of sp³-hybridized carbons (Fsp3) is 0.345. The van der Waals surface area contributed by atoms with Crippen molar-refractivity contribution in [2.45, 2.75) is 48.6 Å². The monoisotopic (exact) mass is 588 g/mol. The first-order chi connectivity index (χ1) is 18.7. The molecule has 3 aromatic carbocycles. The quantitative estimate of drug-likeness (QED) is 0.367. The summed E-state index contributed by atoms with van der Waals surface area (Å²) in [6.45, 7) is 0.132. The Morgan fingerprint density at radius 2 is 1.69 bits per heavy atom. The summed E-state index contributed by atoms with van der Waals surface area (Å²) in [6, 6.07) is 14.0. The van der Waals surface area contributed by atoms with Crippen molar-refractivity contribution >= 4 is 45.0 Å². The Hall–Kier alpha value is -2.62. The van der Waals surface area contributed by atoms with Gasteiger partial charge < -0.3 is 5.32 Å². The number of benzene rings is 3. The average Bonchev–Trinajstić information content (AvgIpc) is 3.72. The average molecular weight is 589 g/mol. The van der Waals surface area contributed by atoms with Crippen molar-refractivity contribution in [2.24, 2.45) is 5.92 Å². The highest BCUT2D eigenvalue weighted by molar-refractivity contribution is 7.99. The van der Waals surface area contributed by atoms with Crippen LogP contribution in [0.15, 0.2) is 65.6 Å². The molecule has 10 heteroatoms. The maximum Gasteiger partial charge on any atom is 0.264 e. The lowest BCUT2D eigenvalue weighted by atomic mass is 9.70. The van der Waals surface area contributed by atoms with Crippen LogP contribution >= 0.6 is 23.4 Å². The molecule has 1 amide bonds. The van der Waals surface area contributed by atoms with Crippen molar-refractivity contribution in [3.05, 3.63) is 94.0 Å². The van der Waals surface area contributed by atoms with Crippen LogP contribution in [0.1, 0.15) is 47.2 Å². The molecule has 2 heterocycles. The number of anilines is 1. The summed E-state index contributed by atoms with van der Waals surface area (Å²) < 4.78 is 56.8. The second-order valence-electron chi connectivity index (χ2n) is 10.5. The molecule has 0 bridgehead atoms. The zero-order chi connectivity index (χ0) is 27.4. The van der Waals surface area contributed by atoms with Crippen molar-refractivity contribution in [1.29, 1.82) is 0 Å². The van der Waals surface area contributed by atoms with E-state index >= 15 is 0 Å². The molecule has 1 N–H and O–H groups in total. The van der Waals surface area contributed by atoms with Crippen molar-refractivity contribution in [3.8, 4) is 0 Å². The van der Waals surface area contributed by atoms with Crippen molar-refractivity contribution < 1.29 is 22.0 Å². The number of nitrogens with zero attached hydrogens (tertiary/aromatic N) is 1. The summed E-state index contributed by atoms with van der Waals surface area (Å²) in [4.78, 5) is 13.3. The third kappa shape index (κ3) is 4.72. The lowest BCUT2D eigenvalue weighted by Crippen LogP contribution is -2.50. The Bertz CT molecular complexity index is 1540. The van der Waals surface area contributed by atoms with E-state index in [4.69, 9.17) is 11.6 Å². The van der Waals surface area contributed by atoms with Gasteiger partial charge in [0, 0.05) is 22.5 Å². The van der Waals surface area contributed by atoms with Crippen LogP contribution in [-0.2, 0) is 22.0 Å². The number of carbonyl (C=O) groups excluding carboxylic acids is 1. The first-order valence-corrected chi connectivity index (χ1v) is 15.9. The molecule has 2 aliphatic heterocycles. The van der Waals surface area contributed by atoms with E-state index in [1.165, 1.54) is 42.5 Å². The Morgan fingerprint density at radius 1 is 1.00 bits per heavy atom. The predicted octanol–water partition coefficient (Wildman–Crippen LogP) is 6.30. The maximum atomic E-state index is 14.1. The SMILES string of the molecule is O=C(NCc1ccc(F)cc1Cl)c1ccc2c(c1)C1(CCSCC1)C(C1CC1)N2S(=O)(=O)c1ccc(F)cc1. The molecule has 3 aromatic rings. The normalized spacial score (nSPS) is 20.2. The highest BCUT2D eigenvalue weighted by Gasteiger charge is 2.59. The van der Waals surface area contributed by atoms with Gasteiger partial charge in [-0.1, -0.05) is 17.7 Å². The molecule has 5 nitrogen and oxygen atoms in total. The van der Waals surface area contributed by atoms with E-state index in [1.807, 2.05) is 17.8 Å². The Kier molecular flexibility index (Phi) is 6.88. The summed E-state index contributed by atoms with van der Waals surface area (Å²) in [5, 5.41) is 3.09. The first kappa shape index (κ1) is 26.6. The van der Waals surface area contributed by atoms with Gasteiger partial charge in [-0.2, -0.15) is 11.8 Å². The molecule has 6 rings (SSSR count). The first-order valence-electron chi connectivity index (χ1n) is 13.0. The van der Waals surface area contributed by atoms with E-state index in [1.54, 1.807) is 16.4 Å². The van der Waals surface area contributed by atoms with Crippen LogP contribution in [0.4, 0.5) is 14.5 Å². The van der Waals surface area contributed by atoms with Crippen LogP contribution in [-0.4, -0.2) is 31.9 Å². The molecule has 1 saturated heterocycles. The Morgan fingerprint density at radius 3 is 2.36 bits per heavy atom. The van der Waals surface area contributed by atoms with Crippen LogP contribution in [0.5, 0.6) is 0 Å². The zero-order valence-electron chi connectivity index (χ0n) is 21.0. The van der Waals surface area contributed by atoms with Crippen molar-refractivity contribution in [1.82, 2.24) is 5.32 Å². The number of carbonyl (C=O) groups is 1. The van der Waals surface area contributed by atoms with Gasteiger partial charge in [-0.05, 0) is 109 Å². The van der Waals surface area contributed by atoms with Gasteiger partial charge in [-0.15, -0.1) is 0 Å². The molecule has 2 fully saturated rings. The minimum Gasteiger partial charge on any atom is -0.348 e. The molecule has 1 aliphatic carbocycles. The second kappa shape index (κ2) is 10.1. The highest BCUT2D eigenvalue weighted by atomic mass is 35.5. The summed E-state index contributed by atoms with van der Waals surface area (Å²) >= 11 is 7.99. The lowest BCUT2D eigenvalue weighted by molar-refractivity contribution is 0.0950. The molecule has 1 unspecified atom stereocenters. The number of amides is 1. The number of fused-ring (bicyclic) bond motifs is 2. The molecule has 3 aliphatic rings. The number of thioether (sulfide) groups is 1. The molecule has 1 saturated carbocycles. The van der Waals surface area contributed by atoms with Crippen LogP contribution in [0, 0.1) is 17.6 Å². The van der Waals surface area contributed by atoms with E-state index in [0.29, 0.717) is 16.8 Å². The number of halogens is 3. The number of nitrogens with one attached hydrogen (secondary N) is 1. The zero-order valence-corrected chi connectivity index (χ0v) is 23.4. The van der Waals surface area contributed by atoms with Crippen molar-refractivity contribution in [2.75, 3.05) is 15.8 Å². The molecular formula is C29H27ClF2N2O3S2. The molecule has 0 aromatic heterocycles. The van der Waals surface area contributed by atoms with E-state index in [2.05, 4.69) is 5.32 Å². The van der Waals surface area contributed by atoms with Gasteiger partial charge in [0.1, 0.15) is 11.6 Å². The summed E-state index contributed by atoms with van der Waals surface area (Å²) in [6.07, 6.45) is 3.54. The molecule has 1 spiro atoms. The summed E-state index contributed by atoms with van der Waals surface area (Å²) in [7, 11) is -3.97. The van der Waals surface area contributed by atoms with Crippen molar-refractivity contribution in [3.63, 3.8) is 0 Å². The number of hydrogen-bond acceptors (Lipinski definition) is 4. The van der Waals surface area contributed by atoms with Gasteiger partial charge in [-0.3, -0.25) is 9.10 Å². The van der Waals surface area contributed by atoms with Gasteiger partial charge in [0.25, 0.3) is 15.9 Å². The Labute approximate surface area is 236 Å². The second-order valence-corrected chi connectivity index (χ2v) is 13.9. The van der Waals surface area contributed by atoms with E-state index in [-0.39, 0.29) is 34.3 Å². The molecule has 204 valence electrons. The van der Waals surface area contributed by atoms with Gasteiger partial charge in [0.2, 0.25) is 0 Å². The number of sulfonamides is 1. The topological polar surface area (TPSA) is 66.5 Å². The van der Waals surface area contributed by atoms with Crippen LogP contribution in [0.2, 0.25) is 5.02 Å². The van der Waals surface area contributed by atoms with Gasteiger partial charge in [0.15, 0.2) is 0 Å². The number of rotatable bonds is 6. The molecule has 39 heavy (non-hydrogen) atoms. The van der Waals surface area contributed by atoms with Gasteiger partial charge >= 0.3 is 0 Å². The molecular weight excluding hydrogens is 562 g/mol. The smallest absolute Gasteiger partial charge is 0.264 e. The van der Waals surface area contributed by atoms with E-state index < -0.39 is 27.1 Å². The highest BCUT2D eigenvalue weighted by Crippen LogP contribution is 2.59.